The van der Waals surface area contributed by atoms with Gasteiger partial charge in [0.2, 0.25) is 0 Å². The quantitative estimate of drug-likeness (QED) is 0.570. The number of aromatic amines is 1. The van der Waals surface area contributed by atoms with Crippen molar-refractivity contribution in [3.05, 3.63) is 87.8 Å². The van der Waals surface area contributed by atoms with Gasteiger partial charge in [0, 0.05) is 21.2 Å². The third kappa shape index (κ3) is 3.49. The zero-order valence-electron chi connectivity index (χ0n) is 13.9. The summed E-state index contributed by atoms with van der Waals surface area (Å²) < 4.78 is 1.80. The van der Waals surface area contributed by atoms with Gasteiger partial charge in [-0.15, -0.1) is 0 Å². The molecule has 4 rings (SSSR count). The molecule has 134 valence electrons. The summed E-state index contributed by atoms with van der Waals surface area (Å²) in [5.41, 5.74) is 2.69. The van der Waals surface area contributed by atoms with E-state index >= 15 is 0 Å². The number of nitrogens with one attached hydrogen (secondary N) is 1. The van der Waals surface area contributed by atoms with Crippen LogP contribution in [0, 0.1) is 0 Å². The maximum Gasteiger partial charge on any atom is 0.279 e. The van der Waals surface area contributed by atoms with Gasteiger partial charge >= 0.3 is 0 Å². The summed E-state index contributed by atoms with van der Waals surface area (Å²) in [7, 11) is 0. The van der Waals surface area contributed by atoms with E-state index in [9.17, 15) is 4.79 Å². The molecule has 1 N–H and O–H groups in total. The number of hydrogen-bond acceptors (Lipinski definition) is 3. The highest BCUT2D eigenvalue weighted by molar-refractivity contribution is 6.36. The fourth-order valence-corrected chi connectivity index (χ4v) is 3.23. The molecule has 0 fully saturated rings. The van der Waals surface area contributed by atoms with Crippen molar-refractivity contribution in [2.75, 3.05) is 0 Å². The highest BCUT2D eigenvalue weighted by Crippen LogP contribution is 2.25. The van der Waals surface area contributed by atoms with E-state index in [2.05, 4.69) is 19.9 Å². The van der Waals surface area contributed by atoms with Gasteiger partial charge in [0.1, 0.15) is 5.52 Å². The van der Waals surface area contributed by atoms with Crippen molar-refractivity contribution < 1.29 is 4.79 Å². The molecular formula is C19H13Cl2N5O. The molecule has 8 heteroatoms. The Morgan fingerprint density at radius 1 is 1.04 bits per heavy atom. The Hall–Kier alpha value is -2.96. The highest BCUT2D eigenvalue weighted by Gasteiger charge is 2.11. The van der Waals surface area contributed by atoms with Crippen LogP contribution in [0.15, 0.2) is 66.2 Å². The Bertz CT molecular complexity index is 1180. The van der Waals surface area contributed by atoms with Crippen molar-refractivity contribution in [2.24, 2.45) is 4.99 Å². The molecular weight excluding hydrogens is 385 g/mol. The number of fused-ring (bicyclic) bond motifs is 1. The number of halogens is 2. The lowest BCUT2D eigenvalue weighted by Crippen LogP contribution is -2.17. The van der Waals surface area contributed by atoms with Crippen LogP contribution < -0.4 is 5.49 Å². The van der Waals surface area contributed by atoms with Crippen molar-refractivity contribution in [1.82, 2.24) is 19.5 Å². The molecule has 0 aliphatic carbocycles. The molecule has 2 heterocycles. The molecule has 1 amide bonds. The van der Waals surface area contributed by atoms with Crippen LogP contribution in [-0.2, 0) is 6.54 Å². The van der Waals surface area contributed by atoms with Gasteiger partial charge in [-0.1, -0.05) is 47.5 Å². The van der Waals surface area contributed by atoms with Crippen LogP contribution in [0.5, 0.6) is 0 Å². The lowest BCUT2D eigenvalue weighted by Gasteiger charge is -2.10. The predicted octanol–water partition coefficient (Wildman–Crippen LogP) is 3.86. The molecule has 0 bridgehead atoms. The minimum Gasteiger partial charge on any atom is -0.340 e. The standard InChI is InChI=1S/C19H13Cl2N5O/c20-14-7-4-8-15(21)13(14)9-26-11-24-17(16-18(26)23-10-22-16)25-19(27)12-5-2-1-3-6-12/h1-8,10-11H,9H2,(H,22,23). The maximum atomic E-state index is 12.4. The van der Waals surface area contributed by atoms with Crippen LogP contribution in [0.3, 0.4) is 0 Å². The van der Waals surface area contributed by atoms with E-state index in [1.807, 2.05) is 6.07 Å². The number of H-pyrrole nitrogens is 1. The number of rotatable bonds is 3. The summed E-state index contributed by atoms with van der Waals surface area (Å²) in [6.45, 7) is 0.389. The van der Waals surface area contributed by atoms with E-state index < -0.39 is 0 Å². The van der Waals surface area contributed by atoms with Crippen molar-refractivity contribution in [2.45, 2.75) is 6.54 Å². The van der Waals surface area contributed by atoms with E-state index in [-0.39, 0.29) is 11.4 Å². The first-order chi connectivity index (χ1) is 13.1. The van der Waals surface area contributed by atoms with E-state index in [1.54, 1.807) is 53.4 Å². The largest absolute Gasteiger partial charge is 0.340 e. The fourth-order valence-electron chi connectivity index (χ4n) is 2.71. The van der Waals surface area contributed by atoms with Gasteiger partial charge in [-0.25, -0.2) is 9.97 Å². The molecule has 0 radical (unpaired) electrons. The third-order valence-corrected chi connectivity index (χ3v) is 4.76. The predicted molar refractivity (Wildman–Crippen MR) is 104 cm³/mol. The molecule has 0 saturated heterocycles. The van der Waals surface area contributed by atoms with E-state index in [1.165, 1.54) is 6.33 Å². The van der Waals surface area contributed by atoms with Crippen LogP contribution in [-0.4, -0.2) is 25.4 Å². The van der Waals surface area contributed by atoms with Gasteiger partial charge in [-0.3, -0.25) is 4.79 Å². The monoisotopic (exact) mass is 397 g/mol. The van der Waals surface area contributed by atoms with Gasteiger partial charge in [-0.05, 0) is 24.3 Å². The summed E-state index contributed by atoms with van der Waals surface area (Å²) >= 11 is 12.5. The van der Waals surface area contributed by atoms with E-state index in [0.717, 1.165) is 5.56 Å². The van der Waals surface area contributed by atoms with Crippen LogP contribution in [0.4, 0.5) is 0 Å². The van der Waals surface area contributed by atoms with Gasteiger partial charge in [0.25, 0.3) is 5.91 Å². The zero-order valence-corrected chi connectivity index (χ0v) is 15.4. The second kappa shape index (κ2) is 7.34. The summed E-state index contributed by atoms with van der Waals surface area (Å²) in [5.74, 6) is -0.370. The van der Waals surface area contributed by atoms with Gasteiger partial charge in [0.15, 0.2) is 11.1 Å². The molecule has 0 aliphatic rings. The average Bonchev–Trinajstić information content (AvgIpc) is 3.17. The topological polar surface area (TPSA) is 75.9 Å². The second-order valence-corrected chi connectivity index (χ2v) is 6.59. The van der Waals surface area contributed by atoms with E-state index in [4.69, 9.17) is 23.2 Å². The molecule has 2 aromatic heterocycles. The lowest BCUT2D eigenvalue weighted by molar-refractivity contribution is 0.0998. The minimum atomic E-state index is -0.370. The Labute approximate surface area is 164 Å². The molecule has 27 heavy (non-hydrogen) atoms. The summed E-state index contributed by atoms with van der Waals surface area (Å²) in [6.07, 6.45) is 3.10. The van der Waals surface area contributed by atoms with Gasteiger partial charge in [0.05, 0.1) is 19.2 Å². The van der Waals surface area contributed by atoms with Crippen molar-refractivity contribution in [3.63, 3.8) is 0 Å². The molecule has 0 spiro atoms. The average molecular weight is 398 g/mol. The van der Waals surface area contributed by atoms with Crippen LogP contribution in [0.2, 0.25) is 10.0 Å². The Morgan fingerprint density at radius 2 is 1.78 bits per heavy atom. The first-order valence-electron chi connectivity index (χ1n) is 8.09. The third-order valence-electron chi connectivity index (χ3n) is 4.05. The molecule has 6 nitrogen and oxygen atoms in total. The Morgan fingerprint density at radius 3 is 2.52 bits per heavy atom. The lowest BCUT2D eigenvalue weighted by atomic mass is 10.2. The number of imidazole rings is 1. The maximum absolute atomic E-state index is 12.4. The fraction of sp³-hybridized carbons (Fsp3) is 0.0526. The molecule has 2 aromatic carbocycles. The number of carbonyl (C=O) groups is 1. The number of amides is 1. The van der Waals surface area contributed by atoms with Crippen LogP contribution >= 0.6 is 23.2 Å². The molecule has 0 atom stereocenters. The van der Waals surface area contributed by atoms with Crippen molar-refractivity contribution >= 4 is 40.3 Å². The van der Waals surface area contributed by atoms with Crippen LogP contribution in [0.25, 0.3) is 11.2 Å². The Kier molecular flexibility index (Phi) is 4.75. The van der Waals surface area contributed by atoms with Crippen molar-refractivity contribution in [3.8, 4) is 0 Å². The normalized spacial score (nSPS) is 11.9. The SMILES string of the molecule is O=C(N=c1ncn(Cc2c(Cl)cccc2Cl)c2nc[nH]c12)c1ccccc1. The highest BCUT2D eigenvalue weighted by atomic mass is 35.5. The number of carbonyl (C=O) groups excluding carboxylic acids is 1. The van der Waals surface area contributed by atoms with Crippen LogP contribution in [0.1, 0.15) is 15.9 Å². The zero-order chi connectivity index (χ0) is 18.8. The van der Waals surface area contributed by atoms with Crippen molar-refractivity contribution in [1.29, 1.82) is 0 Å². The number of benzene rings is 2. The molecule has 4 aromatic rings. The number of hydrogen-bond donors (Lipinski definition) is 1. The smallest absolute Gasteiger partial charge is 0.279 e. The Balaban J connectivity index is 1.77. The van der Waals surface area contributed by atoms with E-state index in [0.29, 0.717) is 33.3 Å². The molecule has 0 saturated carbocycles. The number of nitrogens with zero attached hydrogens (tertiary/aromatic N) is 4. The number of aromatic nitrogens is 4. The molecule has 0 unspecified atom stereocenters. The minimum absolute atomic E-state index is 0.276. The first-order valence-corrected chi connectivity index (χ1v) is 8.84. The molecule has 0 aliphatic heterocycles. The van der Waals surface area contributed by atoms with Gasteiger partial charge < -0.3 is 9.55 Å². The van der Waals surface area contributed by atoms with Gasteiger partial charge in [-0.2, -0.15) is 4.99 Å². The summed E-state index contributed by atoms with van der Waals surface area (Å²) in [6, 6.07) is 14.2. The summed E-state index contributed by atoms with van der Waals surface area (Å²) in [4.78, 5) is 28.1. The first kappa shape index (κ1) is 17.5. The second-order valence-electron chi connectivity index (χ2n) is 5.78. The summed E-state index contributed by atoms with van der Waals surface area (Å²) in [5, 5.41) is 1.12.